The molecule has 20 heavy (non-hydrogen) atoms. The summed E-state index contributed by atoms with van der Waals surface area (Å²) in [5.74, 6) is -1.31. The van der Waals surface area contributed by atoms with Gasteiger partial charge in [0.25, 0.3) is 0 Å². The number of carboxylic acids is 1. The molecule has 110 valence electrons. The molecule has 0 heterocycles. The van der Waals surface area contributed by atoms with Crippen LogP contribution in [0.3, 0.4) is 0 Å². The molecular weight excluding hydrogens is 326 g/mol. The van der Waals surface area contributed by atoms with E-state index in [9.17, 15) is 9.59 Å². The maximum absolute atomic E-state index is 11.9. The molecule has 0 bridgehead atoms. The van der Waals surface area contributed by atoms with Crippen molar-refractivity contribution >= 4 is 47.4 Å². The first-order chi connectivity index (χ1) is 8.88. The number of benzene rings is 1. The molecule has 1 aromatic rings. The minimum absolute atomic E-state index is 0. The maximum Gasteiger partial charge on any atom is 0.341 e. The molecule has 0 aliphatic carbocycles. The summed E-state index contributed by atoms with van der Waals surface area (Å²) in [5, 5.41) is 8.56. The van der Waals surface area contributed by atoms with Gasteiger partial charge < -0.3 is 9.84 Å². The highest BCUT2D eigenvalue weighted by molar-refractivity contribution is 6.45. The molecule has 0 aliphatic heterocycles. The number of carboxylic acid groups (broad SMARTS) is 1. The standard InChI is InChI=1S/C13H12Cl2O4.ClH/c1-3-7(2)13(18)8-4-5-9(12(15)11(8)14)19-6-10(16)17;/h4-5H,2-3,6H2,1H3,(H,16,17);1H. The number of aliphatic carboxylic acids is 1. The van der Waals surface area contributed by atoms with E-state index in [-0.39, 0.29) is 39.5 Å². The highest BCUT2D eigenvalue weighted by Crippen LogP contribution is 2.35. The van der Waals surface area contributed by atoms with Crippen molar-refractivity contribution in [2.45, 2.75) is 13.3 Å². The van der Waals surface area contributed by atoms with Gasteiger partial charge in [0.2, 0.25) is 0 Å². The van der Waals surface area contributed by atoms with Crippen LogP contribution in [0, 0.1) is 0 Å². The first-order valence-corrected chi connectivity index (χ1v) is 6.19. The van der Waals surface area contributed by atoms with Crippen LogP contribution in [0.5, 0.6) is 5.75 Å². The number of hydrogen-bond acceptors (Lipinski definition) is 3. The van der Waals surface area contributed by atoms with Gasteiger partial charge in [-0.2, -0.15) is 0 Å². The van der Waals surface area contributed by atoms with Crippen LogP contribution in [-0.2, 0) is 4.79 Å². The van der Waals surface area contributed by atoms with Gasteiger partial charge in [-0.3, -0.25) is 4.79 Å². The van der Waals surface area contributed by atoms with Crippen molar-refractivity contribution in [2.75, 3.05) is 6.61 Å². The molecule has 1 rings (SSSR count). The molecule has 0 unspecified atom stereocenters. The first-order valence-electron chi connectivity index (χ1n) is 5.43. The third-order valence-electron chi connectivity index (χ3n) is 2.39. The summed E-state index contributed by atoms with van der Waals surface area (Å²) >= 11 is 11.9. The number of ketones is 1. The van der Waals surface area contributed by atoms with E-state index in [0.29, 0.717) is 12.0 Å². The SMILES string of the molecule is C=C(CC)C(=O)c1ccc(OCC(=O)O)c(Cl)c1Cl.Cl. The van der Waals surface area contributed by atoms with E-state index in [1.165, 1.54) is 12.1 Å². The molecule has 0 radical (unpaired) electrons. The summed E-state index contributed by atoms with van der Waals surface area (Å²) in [6, 6.07) is 2.85. The van der Waals surface area contributed by atoms with E-state index in [0.717, 1.165) is 0 Å². The number of hydrogen-bond donors (Lipinski definition) is 1. The van der Waals surface area contributed by atoms with Crippen molar-refractivity contribution in [3.63, 3.8) is 0 Å². The Hall–Kier alpha value is -1.23. The van der Waals surface area contributed by atoms with Crippen LogP contribution < -0.4 is 4.74 Å². The average molecular weight is 340 g/mol. The molecule has 1 N–H and O–H groups in total. The van der Waals surface area contributed by atoms with E-state index in [1.807, 2.05) is 0 Å². The maximum atomic E-state index is 11.9. The van der Waals surface area contributed by atoms with Gasteiger partial charge in [0, 0.05) is 5.56 Å². The zero-order valence-corrected chi connectivity index (χ0v) is 12.9. The van der Waals surface area contributed by atoms with Crippen molar-refractivity contribution in [1.29, 1.82) is 0 Å². The Balaban J connectivity index is 0.00000361. The van der Waals surface area contributed by atoms with E-state index in [2.05, 4.69) is 6.58 Å². The van der Waals surface area contributed by atoms with Crippen molar-refractivity contribution in [1.82, 2.24) is 0 Å². The summed E-state index contributed by atoms with van der Waals surface area (Å²) < 4.78 is 4.95. The quantitative estimate of drug-likeness (QED) is 0.628. The Kier molecular flexibility index (Phi) is 7.64. The Labute approximate surface area is 132 Å². The Morgan fingerprint density at radius 3 is 2.40 bits per heavy atom. The van der Waals surface area contributed by atoms with Gasteiger partial charge in [-0.15, -0.1) is 12.4 Å². The van der Waals surface area contributed by atoms with Crippen LogP contribution in [-0.4, -0.2) is 23.5 Å². The number of halogens is 3. The predicted molar refractivity (Wildman–Crippen MR) is 80.6 cm³/mol. The smallest absolute Gasteiger partial charge is 0.341 e. The van der Waals surface area contributed by atoms with Gasteiger partial charge in [-0.25, -0.2) is 4.79 Å². The van der Waals surface area contributed by atoms with Gasteiger partial charge >= 0.3 is 5.97 Å². The molecule has 0 amide bonds. The van der Waals surface area contributed by atoms with Crippen molar-refractivity contribution in [2.24, 2.45) is 0 Å². The Morgan fingerprint density at radius 2 is 1.90 bits per heavy atom. The largest absolute Gasteiger partial charge is 0.480 e. The average Bonchev–Trinajstić information content (AvgIpc) is 2.38. The molecule has 0 aliphatic rings. The van der Waals surface area contributed by atoms with Gasteiger partial charge in [0.15, 0.2) is 12.4 Å². The summed E-state index contributed by atoms with van der Waals surface area (Å²) in [6.07, 6.45) is 0.504. The van der Waals surface area contributed by atoms with E-state index < -0.39 is 12.6 Å². The molecule has 4 nitrogen and oxygen atoms in total. The summed E-state index contributed by atoms with van der Waals surface area (Å²) in [5.41, 5.74) is 0.637. The Morgan fingerprint density at radius 1 is 1.30 bits per heavy atom. The van der Waals surface area contributed by atoms with Gasteiger partial charge in [0.1, 0.15) is 10.8 Å². The first kappa shape index (κ1) is 18.8. The zero-order chi connectivity index (χ0) is 14.6. The summed E-state index contributed by atoms with van der Waals surface area (Å²) in [7, 11) is 0. The third kappa shape index (κ3) is 4.40. The van der Waals surface area contributed by atoms with E-state index in [1.54, 1.807) is 6.92 Å². The second-order valence-electron chi connectivity index (χ2n) is 3.71. The monoisotopic (exact) mass is 338 g/mol. The van der Waals surface area contributed by atoms with E-state index >= 15 is 0 Å². The molecule has 0 aromatic heterocycles. The van der Waals surface area contributed by atoms with Crippen LogP contribution in [0.4, 0.5) is 0 Å². The normalized spacial score (nSPS) is 9.55. The lowest BCUT2D eigenvalue weighted by molar-refractivity contribution is -0.139. The fourth-order valence-corrected chi connectivity index (χ4v) is 1.77. The minimum atomic E-state index is -1.13. The number of Topliss-reactive ketones (excluding diaryl/α,β-unsaturated/α-hetero) is 1. The highest BCUT2D eigenvalue weighted by Gasteiger charge is 2.18. The fraction of sp³-hybridized carbons (Fsp3) is 0.231. The lowest BCUT2D eigenvalue weighted by Crippen LogP contribution is -2.10. The van der Waals surface area contributed by atoms with Crippen molar-refractivity contribution < 1.29 is 19.4 Å². The third-order valence-corrected chi connectivity index (χ3v) is 3.26. The minimum Gasteiger partial charge on any atom is -0.480 e. The van der Waals surface area contributed by atoms with Crippen LogP contribution in [0.2, 0.25) is 10.0 Å². The molecule has 0 fully saturated rings. The van der Waals surface area contributed by atoms with Crippen molar-refractivity contribution in [3.05, 3.63) is 39.9 Å². The highest BCUT2D eigenvalue weighted by atomic mass is 35.5. The molecule has 0 saturated heterocycles. The van der Waals surface area contributed by atoms with E-state index in [4.69, 9.17) is 33.0 Å². The van der Waals surface area contributed by atoms with Crippen LogP contribution in [0.1, 0.15) is 23.7 Å². The van der Waals surface area contributed by atoms with Crippen LogP contribution >= 0.6 is 35.6 Å². The number of allylic oxidation sites excluding steroid dienone is 1. The molecular formula is C13H13Cl3O4. The van der Waals surface area contributed by atoms with Crippen LogP contribution in [0.25, 0.3) is 0 Å². The summed E-state index contributed by atoms with van der Waals surface area (Å²) in [6.45, 7) is 4.91. The molecule has 7 heteroatoms. The molecule has 0 atom stereocenters. The number of rotatable bonds is 6. The lowest BCUT2D eigenvalue weighted by Gasteiger charge is -2.10. The summed E-state index contributed by atoms with van der Waals surface area (Å²) in [4.78, 5) is 22.4. The lowest BCUT2D eigenvalue weighted by atomic mass is 10.0. The van der Waals surface area contributed by atoms with Crippen molar-refractivity contribution in [3.8, 4) is 5.75 Å². The number of ether oxygens (including phenoxy) is 1. The second kappa shape index (κ2) is 8.15. The zero-order valence-electron chi connectivity index (χ0n) is 10.6. The van der Waals surface area contributed by atoms with Crippen LogP contribution in [0.15, 0.2) is 24.3 Å². The number of carbonyl (C=O) groups is 2. The molecule has 0 saturated carbocycles. The fourth-order valence-electron chi connectivity index (χ4n) is 1.31. The van der Waals surface area contributed by atoms with Gasteiger partial charge in [-0.1, -0.05) is 36.7 Å². The van der Waals surface area contributed by atoms with Gasteiger partial charge in [-0.05, 0) is 24.1 Å². The molecule has 1 aromatic carbocycles. The second-order valence-corrected chi connectivity index (χ2v) is 4.46. The molecule has 0 spiro atoms. The topological polar surface area (TPSA) is 63.6 Å². The number of carbonyl (C=O) groups excluding carboxylic acids is 1. The Bertz CT molecular complexity index is 541. The predicted octanol–water partition coefficient (Wildman–Crippen LogP) is 4.03. The van der Waals surface area contributed by atoms with Gasteiger partial charge in [0.05, 0.1) is 5.02 Å².